The highest BCUT2D eigenvalue weighted by Crippen LogP contribution is 2.34. The monoisotopic (exact) mass is 239 g/mol. The fourth-order valence-corrected chi connectivity index (χ4v) is 1.88. The highest BCUT2D eigenvalue weighted by molar-refractivity contribution is 5.47. The lowest BCUT2D eigenvalue weighted by Gasteiger charge is -2.22. The summed E-state index contributed by atoms with van der Waals surface area (Å²) in [5.41, 5.74) is 6.79. The molecule has 0 aromatic heterocycles. The number of methoxy groups -OCH3 is 2. The molecule has 0 amide bonds. The fourth-order valence-electron chi connectivity index (χ4n) is 1.88. The summed E-state index contributed by atoms with van der Waals surface area (Å²) >= 11 is 0. The Morgan fingerprint density at radius 2 is 1.76 bits per heavy atom. The minimum atomic E-state index is -0.592. The molecule has 17 heavy (non-hydrogen) atoms. The number of hydrogen-bond donors (Lipinski definition) is 2. The molecule has 1 rings (SSSR count). The van der Waals surface area contributed by atoms with Gasteiger partial charge in [0, 0.05) is 0 Å². The van der Waals surface area contributed by atoms with Gasteiger partial charge in [0.15, 0.2) is 0 Å². The van der Waals surface area contributed by atoms with Crippen molar-refractivity contribution < 1.29 is 14.6 Å². The van der Waals surface area contributed by atoms with Gasteiger partial charge in [-0.1, -0.05) is 19.4 Å². The Morgan fingerprint density at radius 1 is 1.24 bits per heavy atom. The molecule has 0 saturated carbocycles. The lowest BCUT2D eigenvalue weighted by molar-refractivity contribution is 0.131. The van der Waals surface area contributed by atoms with E-state index in [1.165, 1.54) is 0 Å². The third kappa shape index (κ3) is 3.11. The Kier molecular flexibility index (Phi) is 5.25. The molecule has 0 unspecified atom stereocenters. The fraction of sp³-hybridized carbons (Fsp3) is 0.538. The number of nitrogens with two attached hydrogens (primary N) is 1. The molecule has 0 aliphatic rings. The van der Waals surface area contributed by atoms with Crippen molar-refractivity contribution in [1.82, 2.24) is 0 Å². The normalized spacial score (nSPS) is 14.2. The van der Waals surface area contributed by atoms with Crippen LogP contribution in [0.1, 0.15) is 31.4 Å². The van der Waals surface area contributed by atoms with Crippen LogP contribution in [0, 0.1) is 0 Å². The molecule has 4 heteroatoms. The zero-order chi connectivity index (χ0) is 12.8. The Balaban J connectivity index is 3.08. The summed E-state index contributed by atoms with van der Waals surface area (Å²) in [4.78, 5) is 0. The van der Waals surface area contributed by atoms with Gasteiger partial charge in [-0.15, -0.1) is 0 Å². The SMILES string of the molecule is CCC[C@@H](O)[C@@H](N)c1c(OC)cccc1OC. The predicted octanol–water partition coefficient (Wildman–Crippen LogP) is 1.86. The van der Waals surface area contributed by atoms with Crippen molar-refractivity contribution in [3.8, 4) is 11.5 Å². The summed E-state index contributed by atoms with van der Waals surface area (Å²) in [6, 6.07) is 4.97. The van der Waals surface area contributed by atoms with E-state index in [4.69, 9.17) is 15.2 Å². The maximum Gasteiger partial charge on any atom is 0.127 e. The molecule has 0 aliphatic carbocycles. The largest absolute Gasteiger partial charge is 0.496 e. The summed E-state index contributed by atoms with van der Waals surface area (Å²) in [5, 5.41) is 9.97. The van der Waals surface area contributed by atoms with Gasteiger partial charge in [-0.3, -0.25) is 0 Å². The Hall–Kier alpha value is -1.26. The third-order valence-electron chi connectivity index (χ3n) is 2.80. The first kappa shape index (κ1) is 13.8. The van der Waals surface area contributed by atoms with Crippen LogP contribution in [-0.2, 0) is 0 Å². The van der Waals surface area contributed by atoms with Gasteiger partial charge in [0.25, 0.3) is 0 Å². The van der Waals surface area contributed by atoms with Crippen LogP contribution in [0.3, 0.4) is 0 Å². The zero-order valence-corrected chi connectivity index (χ0v) is 10.6. The van der Waals surface area contributed by atoms with Crippen molar-refractivity contribution in [3.05, 3.63) is 23.8 Å². The van der Waals surface area contributed by atoms with E-state index in [2.05, 4.69) is 0 Å². The van der Waals surface area contributed by atoms with Gasteiger partial charge in [0.1, 0.15) is 11.5 Å². The van der Waals surface area contributed by atoms with Crippen molar-refractivity contribution in [3.63, 3.8) is 0 Å². The lowest BCUT2D eigenvalue weighted by atomic mass is 9.97. The van der Waals surface area contributed by atoms with Crippen molar-refractivity contribution >= 4 is 0 Å². The van der Waals surface area contributed by atoms with E-state index in [-0.39, 0.29) is 0 Å². The molecule has 0 fully saturated rings. The number of hydrogen-bond acceptors (Lipinski definition) is 4. The van der Waals surface area contributed by atoms with Crippen molar-refractivity contribution in [2.24, 2.45) is 5.73 Å². The van der Waals surface area contributed by atoms with Crippen LogP contribution in [0.2, 0.25) is 0 Å². The van der Waals surface area contributed by atoms with Gasteiger partial charge in [-0.25, -0.2) is 0 Å². The quantitative estimate of drug-likeness (QED) is 0.795. The molecular weight excluding hydrogens is 218 g/mol. The molecule has 4 nitrogen and oxygen atoms in total. The Morgan fingerprint density at radius 3 is 2.18 bits per heavy atom. The maximum atomic E-state index is 9.97. The first-order chi connectivity index (χ1) is 8.15. The molecular formula is C13H21NO3. The topological polar surface area (TPSA) is 64.7 Å². The number of aliphatic hydroxyl groups excluding tert-OH is 1. The van der Waals surface area contributed by atoms with Gasteiger partial charge in [0.2, 0.25) is 0 Å². The van der Waals surface area contributed by atoms with Gasteiger partial charge in [0.05, 0.1) is 31.9 Å². The van der Waals surface area contributed by atoms with E-state index in [1.54, 1.807) is 14.2 Å². The molecule has 0 radical (unpaired) electrons. The number of benzene rings is 1. The van der Waals surface area contributed by atoms with Crippen LogP contribution >= 0.6 is 0 Å². The summed E-state index contributed by atoms with van der Waals surface area (Å²) in [6.07, 6.45) is 0.944. The Labute approximate surface area is 102 Å². The highest BCUT2D eigenvalue weighted by Gasteiger charge is 2.23. The lowest BCUT2D eigenvalue weighted by Crippen LogP contribution is -2.27. The highest BCUT2D eigenvalue weighted by atomic mass is 16.5. The second kappa shape index (κ2) is 6.47. The molecule has 3 N–H and O–H groups in total. The van der Waals surface area contributed by atoms with Gasteiger partial charge >= 0.3 is 0 Å². The van der Waals surface area contributed by atoms with Crippen molar-refractivity contribution in [2.45, 2.75) is 31.9 Å². The van der Waals surface area contributed by atoms with Gasteiger partial charge in [-0.05, 0) is 18.6 Å². The van der Waals surface area contributed by atoms with Crippen LogP contribution < -0.4 is 15.2 Å². The van der Waals surface area contributed by atoms with Crippen LogP contribution in [-0.4, -0.2) is 25.4 Å². The smallest absolute Gasteiger partial charge is 0.127 e. The molecule has 0 aliphatic heterocycles. The minimum absolute atomic E-state index is 0.499. The number of aliphatic hydroxyl groups is 1. The van der Waals surface area contributed by atoms with Crippen LogP contribution in [0.5, 0.6) is 11.5 Å². The van der Waals surface area contributed by atoms with Crippen LogP contribution in [0.4, 0.5) is 0 Å². The van der Waals surface area contributed by atoms with E-state index >= 15 is 0 Å². The molecule has 2 atom stereocenters. The van der Waals surface area contributed by atoms with E-state index in [0.29, 0.717) is 17.9 Å². The Bertz CT molecular complexity index is 332. The standard InChI is InChI=1S/C13H21NO3/c1-4-6-9(15)13(14)12-10(16-2)7-5-8-11(12)17-3/h5,7-9,13,15H,4,6,14H2,1-3H3/t9-,13-/m1/s1. The molecule has 0 saturated heterocycles. The zero-order valence-electron chi connectivity index (χ0n) is 10.6. The number of ether oxygens (including phenoxy) is 2. The van der Waals surface area contributed by atoms with Gasteiger partial charge in [-0.2, -0.15) is 0 Å². The first-order valence-corrected chi connectivity index (χ1v) is 5.80. The molecule has 0 spiro atoms. The molecule has 1 aromatic carbocycles. The first-order valence-electron chi connectivity index (χ1n) is 5.80. The average molecular weight is 239 g/mol. The summed E-state index contributed by atoms with van der Waals surface area (Å²) in [6.45, 7) is 2.01. The predicted molar refractivity (Wildman–Crippen MR) is 67.4 cm³/mol. The molecule has 96 valence electrons. The molecule has 0 heterocycles. The summed E-state index contributed by atoms with van der Waals surface area (Å²) in [7, 11) is 3.16. The third-order valence-corrected chi connectivity index (χ3v) is 2.80. The molecule has 0 bridgehead atoms. The van der Waals surface area contributed by atoms with Crippen molar-refractivity contribution in [2.75, 3.05) is 14.2 Å². The average Bonchev–Trinajstić information content (AvgIpc) is 2.37. The van der Waals surface area contributed by atoms with Crippen molar-refractivity contribution in [1.29, 1.82) is 0 Å². The summed E-state index contributed by atoms with van der Waals surface area (Å²) < 4.78 is 10.5. The van der Waals surface area contributed by atoms with Crippen LogP contribution in [0.15, 0.2) is 18.2 Å². The minimum Gasteiger partial charge on any atom is -0.496 e. The summed E-state index contributed by atoms with van der Waals surface area (Å²) in [5.74, 6) is 1.29. The second-order valence-electron chi connectivity index (χ2n) is 3.96. The van der Waals surface area contributed by atoms with E-state index in [0.717, 1.165) is 12.0 Å². The maximum absolute atomic E-state index is 9.97. The second-order valence-corrected chi connectivity index (χ2v) is 3.96. The number of rotatable bonds is 6. The molecule has 1 aromatic rings. The van der Waals surface area contributed by atoms with E-state index in [1.807, 2.05) is 25.1 Å². The van der Waals surface area contributed by atoms with E-state index < -0.39 is 12.1 Å². The van der Waals surface area contributed by atoms with Gasteiger partial charge < -0.3 is 20.3 Å². The van der Waals surface area contributed by atoms with Crippen LogP contribution in [0.25, 0.3) is 0 Å². The van der Waals surface area contributed by atoms with E-state index in [9.17, 15) is 5.11 Å².